The molecule has 1 aromatic heterocycles. The van der Waals surface area contributed by atoms with Crippen LogP contribution in [0.1, 0.15) is 25.6 Å². The average molecular weight is 306 g/mol. The third-order valence-electron chi connectivity index (χ3n) is 1.78. The molecule has 0 aromatic carbocycles. The van der Waals surface area contributed by atoms with E-state index in [9.17, 15) is 4.79 Å². The molecule has 1 aromatic rings. The molecule has 0 aliphatic heterocycles. The Morgan fingerprint density at radius 1 is 1.56 bits per heavy atom. The normalized spacial score (nSPS) is 11.3. The molecule has 0 saturated heterocycles. The first-order valence-corrected chi connectivity index (χ1v) is 6.63. The van der Waals surface area contributed by atoms with Crippen molar-refractivity contribution in [2.24, 2.45) is 0 Å². The molecule has 0 radical (unpaired) electrons. The van der Waals surface area contributed by atoms with Crippen LogP contribution < -0.4 is 0 Å². The van der Waals surface area contributed by atoms with Gasteiger partial charge in [-0.15, -0.1) is 11.3 Å². The highest BCUT2D eigenvalue weighted by Gasteiger charge is 2.20. The second kappa shape index (κ2) is 5.19. The van der Waals surface area contributed by atoms with Crippen LogP contribution in [0.25, 0.3) is 0 Å². The van der Waals surface area contributed by atoms with Crippen molar-refractivity contribution in [3.63, 3.8) is 0 Å². The van der Waals surface area contributed by atoms with Gasteiger partial charge in [0.05, 0.1) is 6.54 Å². The van der Waals surface area contributed by atoms with Gasteiger partial charge in [-0.2, -0.15) is 0 Å². The molecule has 0 aliphatic carbocycles. The van der Waals surface area contributed by atoms with Gasteiger partial charge in [-0.25, -0.2) is 4.79 Å². The molecule has 0 spiro atoms. The number of carbonyl (C=O) groups is 1. The minimum atomic E-state index is -0.446. The van der Waals surface area contributed by atoms with Crippen LogP contribution in [0, 0.1) is 0 Å². The monoisotopic (exact) mass is 305 g/mol. The number of rotatable bonds is 2. The van der Waals surface area contributed by atoms with E-state index in [1.165, 1.54) is 0 Å². The highest BCUT2D eigenvalue weighted by Crippen LogP contribution is 2.24. The first-order valence-electron chi connectivity index (χ1n) is 4.95. The molecule has 0 bridgehead atoms. The van der Waals surface area contributed by atoms with E-state index in [1.807, 2.05) is 32.2 Å². The van der Waals surface area contributed by atoms with Gasteiger partial charge in [0.1, 0.15) is 5.60 Å². The van der Waals surface area contributed by atoms with E-state index >= 15 is 0 Å². The molecule has 0 saturated carbocycles. The summed E-state index contributed by atoms with van der Waals surface area (Å²) in [6.07, 6.45) is -0.298. The second-order valence-electron chi connectivity index (χ2n) is 4.53. The number of hydrogen-bond donors (Lipinski definition) is 0. The highest BCUT2D eigenvalue weighted by molar-refractivity contribution is 9.10. The van der Waals surface area contributed by atoms with Crippen LogP contribution in [0.2, 0.25) is 0 Å². The first-order chi connectivity index (χ1) is 7.29. The highest BCUT2D eigenvalue weighted by atomic mass is 79.9. The van der Waals surface area contributed by atoms with Gasteiger partial charge in [0.15, 0.2) is 0 Å². The largest absolute Gasteiger partial charge is 0.444 e. The van der Waals surface area contributed by atoms with Gasteiger partial charge in [0.25, 0.3) is 0 Å². The van der Waals surface area contributed by atoms with E-state index < -0.39 is 5.60 Å². The molecule has 3 nitrogen and oxygen atoms in total. The number of hydrogen-bond acceptors (Lipinski definition) is 3. The van der Waals surface area contributed by atoms with E-state index in [-0.39, 0.29) is 6.09 Å². The van der Waals surface area contributed by atoms with E-state index in [1.54, 1.807) is 23.3 Å². The predicted molar refractivity (Wildman–Crippen MR) is 69.7 cm³/mol. The molecule has 1 rings (SSSR count). The molecule has 1 amide bonds. The van der Waals surface area contributed by atoms with Crippen LogP contribution >= 0.6 is 27.3 Å². The van der Waals surface area contributed by atoms with Crippen LogP contribution in [0.5, 0.6) is 0 Å². The third-order valence-corrected chi connectivity index (χ3v) is 3.69. The van der Waals surface area contributed by atoms with E-state index in [4.69, 9.17) is 4.74 Å². The molecule has 0 aliphatic rings. The zero-order valence-corrected chi connectivity index (χ0v) is 12.3. The van der Waals surface area contributed by atoms with Gasteiger partial charge in [0.2, 0.25) is 0 Å². The van der Waals surface area contributed by atoms with Crippen molar-refractivity contribution in [2.45, 2.75) is 32.9 Å². The Morgan fingerprint density at radius 3 is 2.62 bits per heavy atom. The maximum atomic E-state index is 11.7. The summed E-state index contributed by atoms with van der Waals surface area (Å²) in [6.45, 7) is 6.15. The molecule has 5 heteroatoms. The summed E-state index contributed by atoms with van der Waals surface area (Å²) in [4.78, 5) is 14.4. The second-order valence-corrected chi connectivity index (χ2v) is 6.38. The Balaban J connectivity index is 2.56. The van der Waals surface area contributed by atoms with Gasteiger partial charge in [-0.1, -0.05) is 0 Å². The lowest BCUT2D eigenvalue weighted by atomic mass is 10.2. The van der Waals surface area contributed by atoms with Crippen molar-refractivity contribution in [3.8, 4) is 0 Å². The maximum Gasteiger partial charge on any atom is 0.410 e. The van der Waals surface area contributed by atoms with Gasteiger partial charge < -0.3 is 9.64 Å². The summed E-state index contributed by atoms with van der Waals surface area (Å²) in [5, 5.41) is 1.99. The van der Waals surface area contributed by atoms with Crippen molar-refractivity contribution >= 4 is 33.4 Å². The van der Waals surface area contributed by atoms with Crippen LogP contribution in [-0.2, 0) is 11.3 Å². The Hall–Kier alpha value is -0.550. The quantitative estimate of drug-likeness (QED) is 0.830. The van der Waals surface area contributed by atoms with Crippen LogP contribution in [0.4, 0.5) is 4.79 Å². The smallest absolute Gasteiger partial charge is 0.410 e. The first kappa shape index (κ1) is 13.5. The summed E-state index contributed by atoms with van der Waals surface area (Å²) in [7, 11) is 1.74. The van der Waals surface area contributed by atoms with Crippen molar-refractivity contribution < 1.29 is 9.53 Å². The Labute approximate surface area is 109 Å². The maximum absolute atomic E-state index is 11.7. The molecule has 16 heavy (non-hydrogen) atoms. The standard InChI is InChI=1S/C11H16BrNO2S/c1-11(2,3)15-10(14)13(4)7-9-8(12)5-6-16-9/h5-6H,7H2,1-4H3. The SMILES string of the molecule is CN(Cc1sccc1Br)C(=O)OC(C)(C)C. The lowest BCUT2D eigenvalue weighted by Crippen LogP contribution is -2.33. The van der Waals surface area contributed by atoms with Gasteiger partial charge in [-0.3, -0.25) is 0 Å². The van der Waals surface area contributed by atoms with Crippen molar-refractivity contribution in [3.05, 3.63) is 20.8 Å². The summed E-state index contributed by atoms with van der Waals surface area (Å²) in [5.74, 6) is 0. The van der Waals surface area contributed by atoms with E-state index in [0.717, 1.165) is 9.35 Å². The Kier molecular flexibility index (Phi) is 4.38. The topological polar surface area (TPSA) is 29.5 Å². The molecule has 90 valence electrons. The number of nitrogens with zero attached hydrogens (tertiary/aromatic N) is 1. The molecule has 1 heterocycles. The fourth-order valence-corrected chi connectivity index (χ4v) is 2.59. The molecular formula is C11H16BrNO2S. The molecular weight excluding hydrogens is 290 g/mol. The lowest BCUT2D eigenvalue weighted by molar-refractivity contribution is 0.0286. The molecule has 0 N–H and O–H groups in total. The average Bonchev–Trinajstić information content (AvgIpc) is 2.49. The summed E-state index contributed by atoms with van der Waals surface area (Å²) in [5.41, 5.74) is -0.446. The van der Waals surface area contributed by atoms with Crippen LogP contribution in [0.15, 0.2) is 15.9 Å². The minimum Gasteiger partial charge on any atom is -0.444 e. The van der Waals surface area contributed by atoms with Crippen LogP contribution in [0.3, 0.4) is 0 Å². The van der Waals surface area contributed by atoms with E-state index in [0.29, 0.717) is 6.54 Å². The number of thiophene rings is 1. The van der Waals surface area contributed by atoms with E-state index in [2.05, 4.69) is 15.9 Å². The van der Waals surface area contributed by atoms with Crippen molar-refractivity contribution in [1.82, 2.24) is 4.90 Å². The summed E-state index contributed by atoms with van der Waals surface area (Å²) >= 11 is 5.05. The number of ether oxygens (including phenoxy) is 1. The third kappa shape index (κ3) is 4.14. The Morgan fingerprint density at radius 2 is 2.19 bits per heavy atom. The van der Waals surface area contributed by atoms with Gasteiger partial charge in [0, 0.05) is 16.4 Å². The minimum absolute atomic E-state index is 0.298. The van der Waals surface area contributed by atoms with Crippen LogP contribution in [-0.4, -0.2) is 23.6 Å². The van der Waals surface area contributed by atoms with Gasteiger partial charge >= 0.3 is 6.09 Å². The zero-order chi connectivity index (χ0) is 12.3. The molecule has 0 fully saturated rings. The zero-order valence-electron chi connectivity index (χ0n) is 9.91. The lowest BCUT2D eigenvalue weighted by Gasteiger charge is -2.24. The summed E-state index contributed by atoms with van der Waals surface area (Å²) in [6, 6.07) is 1.98. The number of halogens is 1. The van der Waals surface area contributed by atoms with Crippen molar-refractivity contribution in [1.29, 1.82) is 0 Å². The number of carbonyl (C=O) groups excluding carboxylic acids is 1. The molecule has 0 atom stereocenters. The molecule has 0 unspecified atom stereocenters. The van der Waals surface area contributed by atoms with Gasteiger partial charge in [-0.05, 0) is 48.1 Å². The van der Waals surface area contributed by atoms with Crippen molar-refractivity contribution in [2.75, 3.05) is 7.05 Å². The number of amides is 1. The fraction of sp³-hybridized carbons (Fsp3) is 0.545. The summed E-state index contributed by atoms with van der Waals surface area (Å²) < 4.78 is 6.30. The predicted octanol–water partition coefficient (Wildman–Crippen LogP) is 3.88. The fourth-order valence-electron chi connectivity index (χ4n) is 1.06. The Bertz CT molecular complexity index is 370.